The number of hydrogen-bond acceptors (Lipinski definition) is 4. The Bertz CT molecular complexity index is 840. The van der Waals surface area contributed by atoms with Crippen molar-refractivity contribution >= 4 is 5.65 Å². The van der Waals surface area contributed by atoms with E-state index in [0.29, 0.717) is 18.0 Å². The maximum atomic E-state index is 5.81. The number of benzene rings is 1. The van der Waals surface area contributed by atoms with E-state index in [4.69, 9.17) is 20.2 Å². The monoisotopic (exact) mass is 311 g/mol. The second-order valence-corrected chi connectivity index (χ2v) is 5.40. The van der Waals surface area contributed by atoms with Crippen molar-refractivity contribution in [2.45, 2.75) is 13.3 Å². The Morgan fingerprint density at radius 3 is 2.61 bits per heavy atom. The highest BCUT2D eigenvalue weighted by Crippen LogP contribution is 2.34. The van der Waals surface area contributed by atoms with Crippen LogP contribution in [0.15, 0.2) is 36.5 Å². The summed E-state index contributed by atoms with van der Waals surface area (Å²) in [5, 5.41) is 0. The molecule has 5 nitrogen and oxygen atoms in total. The zero-order valence-electron chi connectivity index (χ0n) is 13.7. The molecule has 0 unspecified atom stereocenters. The lowest BCUT2D eigenvalue weighted by Gasteiger charge is -2.09. The Kier molecular flexibility index (Phi) is 4.21. The standard InChI is InChI=1S/C18H21N3O2/c1-12-5-4-10-21-14(8-9-19)17(20-18(12)21)13-6-7-15(22-2)16(11-13)23-3/h4-7,10-11H,8-9,19H2,1-3H3. The smallest absolute Gasteiger partial charge is 0.161 e. The summed E-state index contributed by atoms with van der Waals surface area (Å²) in [5.74, 6) is 1.40. The SMILES string of the molecule is COc1ccc(-c2nc3c(C)cccn3c2CCN)cc1OC. The minimum atomic E-state index is 0.571. The fraction of sp³-hybridized carbons (Fsp3) is 0.278. The third-order valence-corrected chi connectivity index (χ3v) is 3.98. The third-order valence-electron chi connectivity index (χ3n) is 3.98. The normalized spacial score (nSPS) is 11.0. The van der Waals surface area contributed by atoms with Crippen LogP contribution in [-0.2, 0) is 6.42 Å². The van der Waals surface area contributed by atoms with Gasteiger partial charge in [0, 0.05) is 18.2 Å². The second kappa shape index (κ2) is 6.30. The van der Waals surface area contributed by atoms with E-state index in [9.17, 15) is 0 Å². The lowest BCUT2D eigenvalue weighted by molar-refractivity contribution is 0.355. The summed E-state index contributed by atoms with van der Waals surface area (Å²) in [6.07, 6.45) is 2.79. The van der Waals surface area contributed by atoms with Crippen LogP contribution in [0.1, 0.15) is 11.3 Å². The molecule has 5 heteroatoms. The van der Waals surface area contributed by atoms with Gasteiger partial charge in [0.25, 0.3) is 0 Å². The van der Waals surface area contributed by atoms with Crippen molar-refractivity contribution < 1.29 is 9.47 Å². The maximum Gasteiger partial charge on any atom is 0.161 e. The Balaban J connectivity index is 2.23. The number of aromatic nitrogens is 2. The van der Waals surface area contributed by atoms with Gasteiger partial charge < -0.3 is 19.6 Å². The molecule has 0 radical (unpaired) electrons. The summed E-state index contributed by atoms with van der Waals surface area (Å²) in [6, 6.07) is 9.95. The van der Waals surface area contributed by atoms with Gasteiger partial charge in [-0.05, 0) is 43.3 Å². The molecule has 0 saturated carbocycles. The molecule has 0 aliphatic carbocycles. The summed E-state index contributed by atoms with van der Waals surface area (Å²) >= 11 is 0. The topological polar surface area (TPSA) is 61.8 Å². The maximum absolute atomic E-state index is 5.81. The van der Waals surface area contributed by atoms with Crippen LogP contribution in [0.3, 0.4) is 0 Å². The van der Waals surface area contributed by atoms with Gasteiger partial charge in [-0.15, -0.1) is 0 Å². The van der Waals surface area contributed by atoms with E-state index in [-0.39, 0.29) is 0 Å². The van der Waals surface area contributed by atoms with E-state index >= 15 is 0 Å². The van der Waals surface area contributed by atoms with Crippen LogP contribution in [0.2, 0.25) is 0 Å². The van der Waals surface area contributed by atoms with Crippen molar-refractivity contribution in [2.24, 2.45) is 5.73 Å². The quantitative estimate of drug-likeness (QED) is 0.787. The minimum absolute atomic E-state index is 0.571. The third kappa shape index (κ3) is 2.64. The first-order chi connectivity index (χ1) is 11.2. The van der Waals surface area contributed by atoms with Crippen LogP contribution in [-0.4, -0.2) is 30.1 Å². The van der Waals surface area contributed by atoms with Crippen molar-refractivity contribution in [1.82, 2.24) is 9.38 Å². The predicted molar refractivity (Wildman–Crippen MR) is 91.2 cm³/mol. The Morgan fingerprint density at radius 1 is 1.13 bits per heavy atom. The molecule has 0 saturated heterocycles. The van der Waals surface area contributed by atoms with Gasteiger partial charge in [-0.1, -0.05) is 6.07 Å². The highest BCUT2D eigenvalue weighted by atomic mass is 16.5. The van der Waals surface area contributed by atoms with Crippen LogP contribution >= 0.6 is 0 Å². The summed E-state index contributed by atoms with van der Waals surface area (Å²) in [5.41, 5.74) is 10.9. The van der Waals surface area contributed by atoms with Crippen LogP contribution in [0.4, 0.5) is 0 Å². The number of hydrogen-bond donors (Lipinski definition) is 1. The number of nitrogens with zero attached hydrogens (tertiary/aromatic N) is 2. The van der Waals surface area contributed by atoms with Gasteiger partial charge in [0.1, 0.15) is 5.65 Å². The van der Waals surface area contributed by atoms with Crippen molar-refractivity contribution in [3.05, 3.63) is 47.8 Å². The second-order valence-electron chi connectivity index (χ2n) is 5.40. The van der Waals surface area contributed by atoms with Crippen LogP contribution in [0.5, 0.6) is 11.5 Å². The Morgan fingerprint density at radius 2 is 1.91 bits per heavy atom. The Labute approximate surface area is 135 Å². The fourth-order valence-electron chi connectivity index (χ4n) is 2.84. The molecular formula is C18H21N3O2. The number of rotatable bonds is 5. The first-order valence-corrected chi connectivity index (χ1v) is 7.58. The van der Waals surface area contributed by atoms with Gasteiger partial charge in [-0.2, -0.15) is 0 Å². The zero-order valence-corrected chi connectivity index (χ0v) is 13.7. The van der Waals surface area contributed by atoms with Crippen LogP contribution < -0.4 is 15.2 Å². The molecule has 1 aromatic carbocycles. The summed E-state index contributed by atoms with van der Waals surface area (Å²) in [6.45, 7) is 2.63. The molecule has 0 fully saturated rings. The molecular weight excluding hydrogens is 290 g/mol. The fourth-order valence-corrected chi connectivity index (χ4v) is 2.84. The van der Waals surface area contributed by atoms with E-state index in [1.165, 1.54) is 0 Å². The number of methoxy groups -OCH3 is 2. The average Bonchev–Trinajstić information content (AvgIpc) is 2.95. The van der Waals surface area contributed by atoms with E-state index in [1.807, 2.05) is 30.5 Å². The first-order valence-electron chi connectivity index (χ1n) is 7.58. The first kappa shape index (κ1) is 15.4. The predicted octanol–water partition coefficient (Wildman–Crippen LogP) is 2.83. The lowest BCUT2D eigenvalue weighted by Crippen LogP contribution is -2.06. The molecule has 0 aliphatic rings. The molecule has 0 spiro atoms. The van der Waals surface area contributed by atoms with Crippen molar-refractivity contribution in [1.29, 1.82) is 0 Å². The van der Waals surface area contributed by atoms with Gasteiger partial charge in [-0.25, -0.2) is 4.98 Å². The van der Waals surface area contributed by atoms with Crippen molar-refractivity contribution in [3.8, 4) is 22.8 Å². The average molecular weight is 311 g/mol. The highest BCUT2D eigenvalue weighted by Gasteiger charge is 2.16. The number of imidazole rings is 1. The molecule has 2 heterocycles. The molecule has 3 aromatic rings. The van der Waals surface area contributed by atoms with Crippen molar-refractivity contribution in [2.75, 3.05) is 20.8 Å². The Hall–Kier alpha value is -2.53. The van der Waals surface area contributed by atoms with Gasteiger partial charge >= 0.3 is 0 Å². The van der Waals surface area contributed by atoms with Crippen LogP contribution in [0, 0.1) is 6.92 Å². The molecule has 23 heavy (non-hydrogen) atoms. The highest BCUT2D eigenvalue weighted by molar-refractivity contribution is 5.70. The summed E-state index contributed by atoms with van der Waals surface area (Å²) in [7, 11) is 3.27. The number of aryl methyl sites for hydroxylation is 1. The zero-order chi connectivity index (χ0) is 16.4. The number of pyridine rings is 1. The minimum Gasteiger partial charge on any atom is -0.493 e. The van der Waals surface area contributed by atoms with Gasteiger partial charge in [0.15, 0.2) is 11.5 Å². The molecule has 120 valence electrons. The summed E-state index contributed by atoms with van der Waals surface area (Å²) in [4.78, 5) is 4.84. The number of nitrogens with two attached hydrogens (primary N) is 1. The summed E-state index contributed by atoms with van der Waals surface area (Å²) < 4.78 is 12.8. The van der Waals surface area contributed by atoms with E-state index < -0.39 is 0 Å². The lowest BCUT2D eigenvalue weighted by atomic mass is 10.1. The molecule has 0 aliphatic heterocycles. The van der Waals surface area contributed by atoms with Gasteiger partial charge in [0.05, 0.1) is 25.6 Å². The van der Waals surface area contributed by atoms with E-state index in [0.717, 1.165) is 34.6 Å². The molecule has 3 rings (SSSR count). The number of ether oxygens (including phenoxy) is 2. The molecule has 2 aromatic heterocycles. The molecule has 0 atom stereocenters. The van der Waals surface area contributed by atoms with Crippen molar-refractivity contribution in [3.63, 3.8) is 0 Å². The molecule has 2 N–H and O–H groups in total. The molecule has 0 amide bonds. The van der Waals surface area contributed by atoms with E-state index in [2.05, 4.69) is 17.4 Å². The van der Waals surface area contributed by atoms with Gasteiger partial charge in [-0.3, -0.25) is 0 Å². The van der Waals surface area contributed by atoms with Gasteiger partial charge in [0.2, 0.25) is 0 Å². The number of fused-ring (bicyclic) bond motifs is 1. The largest absolute Gasteiger partial charge is 0.493 e. The van der Waals surface area contributed by atoms with E-state index in [1.54, 1.807) is 14.2 Å². The molecule has 0 bridgehead atoms. The van der Waals surface area contributed by atoms with Crippen LogP contribution in [0.25, 0.3) is 16.9 Å².